The van der Waals surface area contributed by atoms with E-state index in [2.05, 4.69) is 15.1 Å². The third-order valence-electron chi connectivity index (χ3n) is 4.99. The van der Waals surface area contributed by atoms with E-state index in [4.69, 9.17) is 11.6 Å². The third-order valence-corrected chi connectivity index (χ3v) is 5.22. The van der Waals surface area contributed by atoms with E-state index in [0.717, 1.165) is 11.1 Å². The Morgan fingerprint density at radius 1 is 1.10 bits per heavy atom. The van der Waals surface area contributed by atoms with Crippen LogP contribution in [0.3, 0.4) is 0 Å². The fraction of sp³-hybridized carbons (Fsp3) is 0.182. The third kappa shape index (κ3) is 3.71. The zero-order valence-corrected chi connectivity index (χ0v) is 17.6. The van der Waals surface area contributed by atoms with Crippen LogP contribution in [0.25, 0.3) is 5.78 Å². The molecular weight excluding hydrogens is 402 g/mol. The molecule has 2 heterocycles. The van der Waals surface area contributed by atoms with E-state index in [1.165, 1.54) is 9.42 Å². The lowest BCUT2D eigenvalue weighted by molar-refractivity contribution is 0.0983. The minimum absolute atomic E-state index is 0.214. The first-order chi connectivity index (χ1) is 14.3. The molecule has 2 aromatic heterocycles. The summed E-state index contributed by atoms with van der Waals surface area (Å²) in [6, 6.07) is 14.6. The summed E-state index contributed by atoms with van der Waals surface area (Å²) < 4.78 is 1.26. The van der Waals surface area contributed by atoms with Gasteiger partial charge in [0.25, 0.3) is 17.2 Å². The van der Waals surface area contributed by atoms with Gasteiger partial charge in [-0.2, -0.15) is 9.50 Å². The van der Waals surface area contributed by atoms with E-state index in [1.807, 2.05) is 31.2 Å². The lowest BCUT2D eigenvalue weighted by atomic mass is 10.1. The molecule has 0 radical (unpaired) electrons. The minimum atomic E-state index is -0.293. The highest BCUT2D eigenvalue weighted by atomic mass is 35.5. The van der Waals surface area contributed by atoms with Crippen LogP contribution in [0.1, 0.15) is 32.7 Å². The van der Waals surface area contributed by atoms with Crippen molar-refractivity contribution in [3.63, 3.8) is 0 Å². The zero-order valence-electron chi connectivity index (χ0n) is 16.8. The number of hydrogen-bond acceptors (Lipinski definition) is 4. The molecule has 1 amide bonds. The summed E-state index contributed by atoms with van der Waals surface area (Å²) in [6.07, 6.45) is 0. The topological polar surface area (TPSA) is 83.4 Å². The van der Waals surface area contributed by atoms with Gasteiger partial charge in [-0.25, -0.2) is 4.98 Å². The van der Waals surface area contributed by atoms with Gasteiger partial charge in [0.05, 0.1) is 6.54 Å². The average molecular weight is 422 g/mol. The van der Waals surface area contributed by atoms with Crippen LogP contribution in [0.4, 0.5) is 5.95 Å². The molecule has 8 heteroatoms. The highest BCUT2D eigenvalue weighted by Gasteiger charge is 2.23. The number of carbonyl (C=O) groups is 1. The molecule has 0 unspecified atom stereocenters. The molecular formula is C22H20ClN5O2. The second kappa shape index (κ2) is 7.76. The number of halogens is 1. The first-order valence-corrected chi connectivity index (χ1v) is 9.80. The average Bonchev–Trinajstić information content (AvgIpc) is 3.15. The van der Waals surface area contributed by atoms with Crippen LogP contribution >= 0.6 is 11.6 Å². The molecule has 0 spiro atoms. The van der Waals surface area contributed by atoms with Gasteiger partial charge in [0, 0.05) is 21.8 Å². The molecule has 1 N–H and O–H groups in total. The number of fused-ring (bicyclic) bond motifs is 1. The predicted molar refractivity (Wildman–Crippen MR) is 116 cm³/mol. The molecule has 4 rings (SSSR count). The molecule has 7 nitrogen and oxygen atoms in total. The summed E-state index contributed by atoms with van der Waals surface area (Å²) >= 11 is 6.09. The Balaban J connectivity index is 1.83. The van der Waals surface area contributed by atoms with E-state index >= 15 is 0 Å². The molecule has 0 atom stereocenters. The Kier molecular flexibility index (Phi) is 5.13. The molecule has 4 aromatic rings. The van der Waals surface area contributed by atoms with Crippen molar-refractivity contribution in [1.29, 1.82) is 0 Å². The van der Waals surface area contributed by atoms with Crippen LogP contribution in [-0.4, -0.2) is 25.5 Å². The molecule has 0 fully saturated rings. The molecule has 0 aliphatic carbocycles. The number of H-pyrrole nitrogens is 1. The van der Waals surface area contributed by atoms with Gasteiger partial charge in [-0.3, -0.25) is 19.6 Å². The standard InChI is InChI=1S/C22H20ClN5O2/c1-13-7-9-16(10-8-13)12-27(20(30)17-5-4-6-18(23)11-17)22-25-21-24-15(3)14(2)19(29)28(21)26-22/h4-11H,12H2,1-3H3,(H,24,25,26). The van der Waals surface area contributed by atoms with Gasteiger partial charge < -0.3 is 0 Å². The van der Waals surface area contributed by atoms with Gasteiger partial charge >= 0.3 is 0 Å². The second-order valence-corrected chi connectivity index (χ2v) is 7.63. The number of anilines is 1. The van der Waals surface area contributed by atoms with E-state index in [9.17, 15) is 9.59 Å². The normalized spacial score (nSPS) is 11.1. The van der Waals surface area contributed by atoms with Crippen LogP contribution < -0.4 is 10.5 Å². The van der Waals surface area contributed by atoms with Gasteiger partial charge in [-0.1, -0.05) is 47.5 Å². The predicted octanol–water partition coefficient (Wildman–Crippen LogP) is 3.84. The number of aromatic amines is 1. The molecule has 152 valence electrons. The van der Waals surface area contributed by atoms with Gasteiger partial charge in [-0.15, -0.1) is 0 Å². The van der Waals surface area contributed by atoms with Crippen molar-refractivity contribution < 1.29 is 4.79 Å². The van der Waals surface area contributed by atoms with E-state index in [1.54, 1.807) is 38.1 Å². The van der Waals surface area contributed by atoms with E-state index < -0.39 is 0 Å². The maximum Gasteiger partial charge on any atom is 0.277 e. The Morgan fingerprint density at radius 2 is 1.83 bits per heavy atom. The Bertz CT molecular complexity index is 1310. The summed E-state index contributed by atoms with van der Waals surface area (Å²) in [5.74, 6) is 0.152. The highest BCUT2D eigenvalue weighted by Crippen LogP contribution is 2.20. The highest BCUT2D eigenvalue weighted by molar-refractivity contribution is 6.31. The molecule has 0 saturated carbocycles. The van der Waals surface area contributed by atoms with Crippen LogP contribution in [0.5, 0.6) is 0 Å². The second-order valence-electron chi connectivity index (χ2n) is 7.20. The molecule has 2 aromatic carbocycles. The fourth-order valence-corrected chi connectivity index (χ4v) is 3.30. The quantitative estimate of drug-likeness (QED) is 0.542. The molecule has 0 saturated heterocycles. The Hall–Kier alpha value is -3.45. The number of hydrogen-bond donors (Lipinski definition) is 1. The van der Waals surface area contributed by atoms with Crippen molar-refractivity contribution in [1.82, 2.24) is 19.6 Å². The summed E-state index contributed by atoms with van der Waals surface area (Å²) in [5.41, 5.74) is 3.34. The molecule has 30 heavy (non-hydrogen) atoms. The van der Waals surface area contributed by atoms with Crippen molar-refractivity contribution in [3.8, 4) is 0 Å². The Labute approximate surface area is 178 Å². The van der Waals surface area contributed by atoms with Crippen LogP contribution in [0, 0.1) is 20.8 Å². The lowest BCUT2D eigenvalue weighted by Crippen LogP contribution is -2.31. The minimum Gasteiger partial charge on any atom is -0.272 e. The number of carbonyl (C=O) groups excluding carboxylic acids is 1. The SMILES string of the molecule is Cc1ccc(CN(C(=O)c2cccc(Cl)c2)c2nc3nc(C)c(C)c(=O)n3[nH]2)cc1. The Morgan fingerprint density at radius 3 is 2.53 bits per heavy atom. The van der Waals surface area contributed by atoms with Crippen LogP contribution in [0.2, 0.25) is 5.02 Å². The van der Waals surface area contributed by atoms with E-state index in [0.29, 0.717) is 21.8 Å². The smallest absolute Gasteiger partial charge is 0.272 e. The summed E-state index contributed by atoms with van der Waals surface area (Å²) in [6.45, 7) is 5.73. The fourth-order valence-electron chi connectivity index (χ4n) is 3.11. The van der Waals surface area contributed by atoms with Crippen molar-refractivity contribution in [2.75, 3.05) is 4.90 Å². The molecule has 0 bridgehead atoms. The molecule has 0 aliphatic heterocycles. The van der Waals surface area contributed by atoms with Gasteiger partial charge in [-0.05, 0) is 44.5 Å². The zero-order chi connectivity index (χ0) is 21.4. The van der Waals surface area contributed by atoms with E-state index in [-0.39, 0.29) is 29.7 Å². The van der Waals surface area contributed by atoms with Crippen molar-refractivity contribution >= 4 is 29.2 Å². The number of amides is 1. The van der Waals surface area contributed by atoms with Crippen molar-refractivity contribution in [2.24, 2.45) is 0 Å². The largest absolute Gasteiger partial charge is 0.277 e. The lowest BCUT2D eigenvalue weighted by Gasteiger charge is -2.20. The number of nitrogens with zero attached hydrogens (tertiary/aromatic N) is 4. The number of nitrogens with one attached hydrogen (secondary N) is 1. The van der Waals surface area contributed by atoms with Gasteiger partial charge in [0.1, 0.15) is 0 Å². The summed E-state index contributed by atoms with van der Waals surface area (Å²) in [4.78, 5) is 36.2. The summed E-state index contributed by atoms with van der Waals surface area (Å²) in [5, 5.41) is 3.39. The first-order valence-electron chi connectivity index (χ1n) is 9.42. The van der Waals surface area contributed by atoms with Crippen molar-refractivity contribution in [3.05, 3.63) is 91.9 Å². The molecule has 0 aliphatic rings. The van der Waals surface area contributed by atoms with Gasteiger partial charge in [0.2, 0.25) is 5.95 Å². The maximum absolute atomic E-state index is 13.4. The number of benzene rings is 2. The van der Waals surface area contributed by atoms with Gasteiger partial charge in [0.15, 0.2) is 0 Å². The maximum atomic E-state index is 13.4. The number of rotatable bonds is 4. The number of aryl methyl sites for hydroxylation is 2. The summed E-state index contributed by atoms with van der Waals surface area (Å²) in [7, 11) is 0. The van der Waals surface area contributed by atoms with Crippen molar-refractivity contribution in [2.45, 2.75) is 27.3 Å². The van der Waals surface area contributed by atoms with Crippen LogP contribution in [0.15, 0.2) is 53.3 Å². The van der Waals surface area contributed by atoms with Crippen LogP contribution in [-0.2, 0) is 6.54 Å². The monoisotopic (exact) mass is 421 g/mol. The number of aromatic nitrogens is 4. The first kappa shape index (κ1) is 19.8.